The van der Waals surface area contributed by atoms with E-state index in [-0.39, 0.29) is 11.7 Å². The van der Waals surface area contributed by atoms with Crippen molar-refractivity contribution in [3.63, 3.8) is 0 Å². The van der Waals surface area contributed by atoms with Gasteiger partial charge in [0.15, 0.2) is 0 Å². The van der Waals surface area contributed by atoms with E-state index < -0.39 is 0 Å². The number of halogens is 1. The highest BCUT2D eigenvalue weighted by molar-refractivity contribution is 5.93. The Labute approximate surface area is 149 Å². The first-order valence-corrected chi connectivity index (χ1v) is 8.31. The van der Waals surface area contributed by atoms with Gasteiger partial charge in [0, 0.05) is 31.7 Å². The highest BCUT2D eigenvalue weighted by Gasteiger charge is 2.24. The number of furan rings is 1. The fourth-order valence-electron chi connectivity index (χ4n) is 2.90. The predicted octanol–water partition coefficient (Wildman–Crippen LogP) is 2.43. The van der Waals surface area contributed by atoms with Gasteiger partial charge in [0.2, 0.25) is 11.7 Å². The number of aromatic nitrogens is 2. The lowest BCUT2D eigenvalue weighted by Crippen LogP contribution is -2.48. The Balaban J connectivity index is 1.33. The molecule has 3 heterocycles. The van der Waals surface area contributed by atoms with Gasteiger partial charge in [-0.15, -0.1) is 0 Å². The third kappa shape index (κ3) is 3.50. The second-order valence-corrected chi connectivity index (χ2v) is 6.10. The molecule has 1 aliphatic heterocycles. The smallest absolute Gasteiger partial charge is 0.257 e. The summed E-state index contributed by atoms with van der Waals surface area (Å²) in [6.07, 6.45) is 2.96. The second-order valence-electron chi connectivity index (χ2n) is 6.10. The molecule has 0 aliphatic carbocycles. The molecule has 1 fully saturated rings. The fraction of sp³-hybridized carbons (Fsp3) is 0.278. The molecule has 4 rings (SSSR count). The summed E-state index contributed by atoms with van der Waals surface area (Å²) >= 11 is 0. The standard InChI is InChI=1S/C18H17FN4O3/c19-15-3-1-13(2-4-15)17-20-16(26-21-17)11-22-6-8-23(9-7-22)18(24)14-5-10-25-12-14/h1-5,10,12H,6-9,11H2. The number of carbonyl (C=O) groups is 1. The summed E-state index contributed by atoms with van der Waals surface area (Å²) in [6, 6.07) is 7.63. The zero-order valence-electron chi connectivity index (χ0n) is 14.0. The monoisotopic (exact) mass is 356 g/mol. The molecule has 134 valence electrons. The van der Waals surface area contributed by atoms with E-state index >= 15 is 0 Å². The van der Waals surface area contributed by atoms with Gasteiger partial charge in [-0.2, -0.15) is 4.98 Å². The van der Waals surface area contributed by atoms with E-state index in [0.717, 1.165) is 13.1 Å². The Kier molecular flexibility index (Phi) is 4.49. The Hall–Kier alpha value is -3.00. The van der Waals surface area contributed by atoms with E-state index in [1.807, 2.05) is 0 Å². The number of rotatable bonds is 4. The predicted molar refractivity (Wildman–Crippen MR) is 89.6 cm³/mol. The minimum atomic E-state index is -0.305. The molecule has 1 aromatic carbocycles. The molecule has 0 radical (unpaired) electrons. The van der Waals surface area contributed by atoms with Crippen LogP contribution in [0.1, 0.15) is 16.2 Å². The normalized spacial score (nSPS) is 15.3. The molecular formula is C18H17FN4O3. The third-order valence-corrected chi connectivity index (χ3v) is 4.36. The van der Waals surface area contributed by atoms with Crippen molar-refractivity contribution >= 4 is 5.91 Å². The van der Waals surface area contributed by atoms with Crippen LogP contribution in [0.2, 0.25) is 0 Å². The van der Waals surface area contributed by atoms with Crippen LogP contribution in [-0.4, -0.2) is 52.0 Å². The average Bonchev–Trinajstić information content (AvgIpc) is 3.35. The zero-order chi connectivity index (χ0) is 17.9. The van der Waals surface area contributed by atoms with Crippen molar-refractivity contribution in [2.75, 3.05) is 26.2 Å². The van der Waals surface area contributed by atoms with Crippen molar-refractivity contribution in [2.24, 2.45) is 0 Å². The number of piperazine rings is 1. The van der Waals surface area contributed by atoms with E-state index in [9.17, 15) is 9.18 Å². The van der Waals surface area contributed by atoms with Gasteiger partial charge in [-0.1, -0.05) is 5.16 Å². The van der Waals surface area contributed by atoms with E-state index in [1.165, 1.54) is 24.7 Å². The van der Waals surface area contributed by atoms with Crippen molar-refractivity contribution in [3.05, 3.63) is 60.1 Å². The minimum absolute atomic E-state index is 0.0187. The van der Waals surface area contributed by atoms with Crippen LogP contribution in [0.3, 0.4) is 0 Å². The van der Waals surface area contributed by atoms with Crippen LogP contribution in [-0.2, 0) is 6.54 Å². The van der Waals surface area contributed by atoms with Gasteiger partial charge in [-0.05, 0) is 30.3 Å². The molecule has 2 aromatic heterocycles. The summed E-state index contributed by atoms with van der Waals surface area (Å²) in [6.45, 7) is 3.21. The third-order valence-electron chi connectivity index (χ3n) is 4.36. The molecule has 0 unspecified atom stereocenters. The summed E-state index contributed by atoms with van der Waals surface area (Å²) in [7, 11) is 0. The number of carbonyl (C=O) groups excluding carboxylic acids is 1. The van der Waals surface area contributed by atoms with E-state index in [2.05, 4.69) is 15.0 Å². The Bertz CT molecular complexity index is 868. The van der Waals surface area contributed by atoms with E-state index in [0.29, 0.717) is 42.5 Å². The quantitative estimate of drug-likeness (QED) is 0.715. The summed E-state index contributed by atoms with van der Waals surface area (Å²) in [5.74, 6) is 0.614. The lowest BCUT2D eigenvalue weighted by atomic mass is 10.2. The molecule has 0 saturated carbocycles. The summed E-state index contributed by atoms with van der Waals surface area (Å²) in [4.78, 5) is 20.6. The van der Waals surface area contributed by atoms with Gasteiger partial charge in [-0.3, -0.25) is 9.69 Å². The molecule has 0 spiro atoms. The summed E-state index contributed by atoms with van der Waals surface area (Å²) in [5, 5.41) is 3.95. The van der Waals surface area contributed by atoms with Crippen molar-refractivity contribution in [1.82, 2.24) is 19.9 Å². The maximum absolute atomic E-state index is 13.0. The van der Waals surface area contributed by atoms with Gasteiger partial charge in [0.05, 0.1) is 18.4 Å². The van der Waals surface area contributed by atoms with E-state index in [4.69, 9.17) is 8.94 Å². The molecule has 8 heteroatoms. The van der Waals surface area contributed by atoms with Crippen molar-refractivity contribution in [1.29, 1.82) is 0 Å². The average molecular weight is 356 g/mol. The lowest BCUT2D eigenvalue weighted by Gasteiger charge is -2.33. The molecule has 0 N–H and O–H groups in total. The van der Waals surface area contributed by atoms with Crippen LogP contribution in [0.5, 0.6) is 0 Å². The maximum Gasteiger partial charge on any atom is 0.257 e. The highest BCUT2D eigenvalue weighted by Crippen LogP contribution is 2.17. The van der Waals surface area contributed by atoms with Crippen LogP contribution < -0.4 is 0 Å². The van der Waals surface area contributed by atoms with Crippen LogP contribution in [0.15, 0.2) is 51.8 Å². The molecule has 0 atom stereocenters. The molecule has 1 saturated heterocycles. The molecule has 1 amide bonds. The summed E-state index contributed by atoms with van der Waals surface area (Å²) in [5.41, 5.74) is 1.27. The molecule has 3 aromatic rings. The molecule has 26 heavy (non-hydrogen) atoms. The molecule has 1 aliphatic rings. The van der Waals surface area contributed by atoms with Gasteiger partial charge < -0.3 is 13.8 Å². The van der Waals surface area contributed by atoms with E-state index in [1.54, 1.807) is 23.1 Å². The first-order chi connectivity index (χ1) is 12.7. The maximum atomic E-state index is 13.0. The zero-order valence-corrected chi connectivity index (χ0v) is 14.0. The Morgan fingerprint density at radius 2 is 1.88 bits per heavy atom. The number of benzene rings is 1. The SMILES string of the molecule is O=C(c1ccoc1)N1CCN(Cc2nc(-c3ccc(F)cc3)no2)CC1. The fourth-order valence-corrected chi connectivity index (χ4v) is 2.90. The molecular weight excluding hydrogens is 339 g/mol. The second kappa shape index (κ2) is 7.09. The first-order valence-electron chi connectivity index (χ1n) is 8.31. The van der Waals surface area contributed by atoms with Crippen molar-refractivity contribution < 1.29 is 18.1 Å². The Morgan fingerprint density at radius 3 is 2.58 bits per heavy atom. The highest BCUT2D eigenvalue weighted by atomic mass is 19.1. The van der Waals surface area contributed by atoms with Crippen molar-refractivity contribution in [2.45, 2.75) is 6.54 Å². The number of hydrogen-bond acceptors (Lipinski definition) is 6. The van der Waals surface area contributed by atoms with Crippen LogP contribution >= 0.6 is 0 Å². The summed E-state index contributed by atoms with van der Waals surface area (Å²) < 4.78 is 23.3. The van der Waals surface area contributed by atoms with Crippen molar-refractivity contribution in [3.8, 4) is 11.4 Å². The largest absolute Gasteiger partial charge is 0.472 e. The van der Waals surface area contributed by atoms with Gasteiger partial charge in [0.1, 0.15) is 12.1 Å². The topological polar surface area (TPSA) is 75.6 Å². The number of hydrogen-bond donors (Lipinski definition) is 0. The number of amides is 1. The van der Waals surface area contributed by atoms with Gasteiger partial charge in [-0.25, -0.2) is 4.39 Å². The minimum Gasteiger partial charge on any atom is -0.472 e. The molecule has 0 bridgehead atoms. The molecule has 7 nitrogen and oxygen atoms in total. The number of nitrogens with zero attached hydrogens (tertiary/aromatic N) is 4. The van der Waals surface area contributed by atoms with Gasteiger partial charge in [0.25, 0.3) is 5.91 Å². The Morgan fingerprint density at radius 1 is 1.12 bits per heavy atom. The van der Waals surface area contributed by atoms with Crippen LogP contribution in [0.25, 0.3) is 11.4 Å². The van der Waals surface area contributed by atoms with Crippen LogP contribution in [0, 0.1) is 5.82 Å². The first kappa shape index (κ1) is 16.5. The van der Waals surface area contributed by atoms with Crippen LogP contribution in [0.4, 0.5) is 4.39 Å². The van der Waals surface area contributed by atoms with Gasteiger partial charge >= 0.3 is 0 Å². The lowest BCUT2D eigenvalue weighted by molar-refractivity contribution is 0.0614.